The third kappa shape index (κ3) is 6.13. The fraction of sp³-hybridized carbons (Fsp3) is 0.0769. The number of anilines is 1. The van der Waals surface area contributed by atoms with Crippen LogP contribution in [0.5, 0.6) is 17.4 Å². The van der Waals surface area contributed by atoms with Gasteiger partial charge in [0.15, 0.2) is 6.61 Å². The van der Waals surface area contributed by atoms with Crippen LogP contribution in [0.2, 0.25) is 0 Å². The van der Waals surface area contributed by atoms with E-state index in [2.05, 4.69) is 32.6 Å². The maximum absolute atomic E-state index is 13.6. The van der Waals surface area contributed by atoms with E-state index < -0.39 is 30.3 Å². The van der Waals surface area contributed by atoms with Crippen LogP contribution < -0.4 is 20.1 Å². The van der Waals surface area contributed by atoms with E-state index in [1.807, 2.05) is 12.1 Å². The number of primary amides is 1. The largest absolute Gasteiger partial charge is 0.484 e. The van der Waals surface area contributed by atoms with Crippen molar-refractivity contribution in [1.82, 2.24) is 9.97 Å². The third-order valence-corrected chi connectivity index (χ3v) is 5.73. The summed E-state index contributed by atoms with van der Waals surface area (Å²) in [5, 5.41) is 0. The smallest absolute Gasteiger partial charge is 0.266 e. The number of benzene rings is 2. The van der Waals surface area contributed by atoms with Gasteiger partial charge in [0.2, 0.25) is 11.8 Å². The molecule has 0 aliphatic carbocycles. The van der Waals surface area contributed by atoms with Gasteiger partial charge in [-0.2, -0.15) is 0 Å². The summed E-state index contributed by atoms with van der Waals surface area (Å²) < 4.78 is 25.8. The van der Waals surface area contributed by atoms with Crippen molar-refractivity contribution in [3.05, 3.63) is 106 Å². The van der Waals surface area contributed by atoms with Crippen molar-refractivity contribution in [2.75, 3.05) is 11.5 Å². The molecule has 4 rings (SSSR count). The van der Waals surface area contributed by atoms with Crippen molar-refractivity contribution in [2.45, 2.75) is 6.04 Å². The average molecular weight is 598 g/mol. The number of carbonyl (C=O) groups is 2. The van der Waals surface area contributed by atoms with Crippen LogP contribution in [0.25, 0.3) is 0 Å². The normalized spacial score (nSPS) is 11.4. The monoisotopic (exact) mass is 598 g/mol. The number of aromatic nitrogens is 2. The van der Waals surface area contributed by atoms with Crippen LogP contribution in [-0.2, 0) is 9.59 Å². The lowest BCUT2D eigenvalue weighted by Gasteiger charge is -2.30. The minimum atomic E-state index is -1.23. The first kappa shape index (κ1) is 25.0. The summed E-state index contributed by atoms with van der Waals surface area (Å²) in [5.74, 6) is -0.974. The Balaban J connectivity index is 1.73. The predicted molar refractivity (Wildman–Crippen MR) is 139 cm³/mol. The van der Waals surface area contributed by atoms with E-state index in [1.54, 1.807) is 42.6 Å². The molecule has 2 amide bonds. The number of halogens is 2. The fourth-order valence-corrected chi connectivity index (χ4v) is 3.76. The number of hydrogen-bond donors (Lipinski definition) is 1. The van der Waals surface area contributed by atoms with E-state index in [4.69, 9.17) is 15.2 Å². The number of nitrogens with zero attached hydrogens (tertiary/aromatic N) is 3. The summed E-state index contributed by atoms with van der Waals surface area (Å²) in [6.07, 6.45) is 4.50. The molecular weight excluding hydrogens is 578 g/mol. The number of carbonyl (C=O) groups excluding carboxylic acids is 2. The molecule has 0 saturated heterocycles. The van der Waals surface area contributed by atoms with Gasteiger partial charge in [0.25, 0.3) is 5.91 Å². The number of pyridine rings is 2. The third-order valence-electron chi connectivity index (χ3n) is 5.01. The molecule has 0 aliphatic heterocycles. The van der Waals surface area contributed by atoms with Crippen LogP contribution in [-0.4, -0.2) is 28.4 Å². The molecular formula is C26H20FIN4O4. The minimum absolute atomic E-state index is 0.0870. The van der Waals surface area contributed by atoms with Crippen molar-refractivity contribution < 1.29 is 23.5 Å². The van der Waals surface area contributed by atoms with Gasteiger partial charge in [0, 0.05) is 27.7 Å². The molecule has 182 valence electrons. The first-order chi connectivity index (χ1) is 17.4. The molecule has 2 heterocycles. The average Bonchev–Trinajstić information content (AvgIpc) is 2.89. The molecule has 0 spiro atoms. The van der Waals surface area contributed by atoms with Gasteiger partial charge in [-0.05, 0) is 89.3 Å². The molecule has 0 fully saturated rings. The quantitative estimate of drug-likeness (QED) is 0.281. The summed E-state index contributed by atoms with van der Waals surface area (Å²) >= 11 is 2.18. The summed E-state index contributed by atoms with van der Waals surface area (Å²) in [4.78, 5) is 35.8. The van der Waals surface area contributed by atoms with Gasteiger partial charge in [-0.25, -0.2) is 9.37 Å². The molecule has 0 saturated carbocycles. The number of hydrogen-bond acceptors (Lipinski definition) is 6. The van der Waals surface area contributed by atoms with Crippen molar-refractivity contribution >= 4 is 40.1 Å². The second kappa shape index (κ2) is 11.6. The van der Waals surface area contributed by atoms with Gasteiger partial charge < -0.3 is 15.2 Å². The maximum atomic E-state index is 13.6. The summed E-state index contributed by atoms with van der Waals surface area (Å²) in [6, 6.07) is 17.7. The molecule has 2 aromatic heterocycles. The van der Waals surface area contributed by atoms with E-state index in [9.17, 15) is 14.0 Å². The molecule has 8 nitrogen and oxygen atoms in total. The number of ether oxygens (including phenoxy) is 2. The zero-order valence-electron chi connectivity index (χ0n) is 18.8. The van der Waals surface area contributed by atoms with Gasteiger partial charge in [0.1, 0.15) is 29.0 Å². The van der Waals surface area contributed by atoms with E-state index >= 15 is 0 Å². The second-order valence-electron chi connectivity index (χ2n) is 7.48. The molecule has 0 radical (unpaired) electrons. The molecule has 0 bridgehead atoms. The molecule has 10 heteroatoms. The van der Waals surface area contributed by atoms with Crippen LogP contribution >= 0.6 is 22.6 Å². The van der Waals surface area contributed by atoms with E-state index in [0.717, 1.165) is 3.57 Å². The highest BCUT2D eigenvalue weighted by molar-refractivity contribution is 14.1. The topological polar surface area (TPSA) is 108 Å². The first-order valence-electron chi connectivity index (χ1n) is 10.7. The van der Waals surface area contributed by atoms with Gasteiger partial charge in [-0.15, -0.1) is 0 Å². The lowest BCUT2D eigenvalue weighted by molar-refractivity contribution is -0.125. The fourth-order valence-electron chi connectivity index (χ4n) is 3.40. The molecule has 36 heavy (non-hydrogen) atoms. The molecule has 0 aliphatic rings. The molecule has 2 N–H and O–H groups in total. The van der Waals surface area contributed by atoms with Crippen LogP contribution in [0.3, 0.4) is 0 Å². The Morgan fingerprint density at radius 1 is 0.972 bits per heavy atom. The van der Waals surface area contributed by atoms with Crippen LogP contribution in [0.15, 0.2) is 91.4 Å². The van der Waals surface area contributed by atoms with E-state index in [-0.39, 0.29) is 17.3 Å². The SMILES string of the molecule is NC(=O)C(c1cccnc1)N(C(=O)COc1ccc(F)cc1)c1cccnc1Oc1ccc(I)cc1. The lowest BCUT2D eigenvalue weighted by atomic mass is 10.1. The number of amides is 2. The molecule has 4 aromatic rings. The summed E-state index contributed by atoms with van der Waals surface area (Å²) in [6.45, 7) is -0.465. The van der Waals surface area contributed by atoms with Crippen molar-refractivity contribution in [2.24, 2.45) is 5.73 Å². The molecule has 2 aromatic carbocycles. The Morgan fingerprint density at radius 3 is 2.33 bits per heavy atom. The Hall–Kier alpha value is -4.06. The number of rotatable bonds is 9. The highest BCUT2D eigenvalue weighted by atomic mass is 127. The van der Waals surface area contributed by atoms with Crippen molar-refractivity contribution in [3.8, 4) is 17.4 Å². The highest BCUT2D eigenvalue weighted by Crippen LogP contribution is 2.35. The minimum Gasteiger partial charge on any atom is -0.484 e. The van der Waals surface area contributed by atoms with E-state index in [0.29, 0.717) is 11.3 Å². The van der Waals surface area contributed by atoms with Gasteiger partial charge in [0.05, 0.1) is 0 Å². The Morgan fingerprint density at radius 2 is 1.67 bits per heavy atom. The molecule has 1 unspecified atom stereocenters. The molecule has 1 atom stereocenters. The van der Waals surface area contributed by atoms with E-state index in [1.165, 1.54) is 41.6 Å². The first-order valence-corrected chi connectivity index (χ1v) is 11.8. The summed E-state index contributed by atoms with van der Waals surface area (Å²) in [5.41, 5.74) is 6.38. The van der Waals surface area contributed by atoms with Gasteiger partial charge in [-0.3, -0.25) is 19.5 Å². The van der Waals surface area contributed by atoms with Crippen LogP contribution in [0, 0.1) is 9.39 Å². The van der Waals surface area contributed by atoms with Crippen molar-refractivity contribution in [1.29, 1.82) is 0 Å². The van der Waals surface area contributed by atoms with Crippen molar-refractivity contribution in [3.63, 3.8) is 0 Å². The predicted octanol–water partition coefficient (Wildman–Crippen LogP) is 4.65. The zero-order chi connectivity index (χ0) is 25.5. The highest BCUT2D eigenvalue weighted by Gasteiger charge is 2.34. The van der Waals surface area contributed by atoms with Gasteiger partial charge >= 0.3 is 0 Å². The lowest BCUT2D eigenvalue weighted by Crippen LogP contribution is -2.44. The van der Waals surface area contributed by atoms with Crippen LogP contribution in [0.4, 0.5) is 10.1 Å². The Kier molecular flexibility index (Phi) is 8.06. The Bertz CT molecular complexity index is 1340. The number of nitrogens with two attached hydrogens (primary N) is 1. The Labute approximate surface area is 220 Å². The zero-order valence-corrected chi connectivity index (χ0v) is 20.9. The summed E-state index contributed by atoms with van der Waals surface area (Å²) in [7, 11) is 0. The maximum Gasteiger partial charge on any atom is 0.266 e. The second-order valence-corrected chi connectivity index (χ2v) is 8.73. The van der Waals surface area contributed by atoms with Gasteiger partial charge in [-0.1, -0.05) is 6.07 Å². The standard InChI is InChI=1S/C26H20FIN4O4/c27-18-5-9-20(10-6-18)35-16-23(33)32(24(25(29)34)17-3-1-13-30-15-17)22-4-2-14-31-26(22)36-21-11-7-19(28)8-12-21/h1-15,24H,16H2,(H2,29,34). The van der Waals surface area contributed by atoms with Crippen LogP contribution in [0.1, 0.15) is 11.6 Å².